The van der Waals surface area contributed by atoms with E-state index in [0.29, 0.717) is 0 Å². The summed E-state index contributed by atoms with van der Waals surface area (Å²) in [5.41, 5.74) is 4.98. The van der Waals surface area contributed by atoms with Crippen LogP contribution in [0, 0.1) is 11.6 Å². The minimum atomic E-state index is -3.58. The number of nitrogen functional groups attached to an aromatic ring is 1. The summed E-state index contributed by atoms with van der Waals surface area (Å²) in [5, 5.41) is 0. The predicted molar refractivity (Wildman–Crippen MR) is 73.8 cm³/mol. The SMILES string of the molecule is CS(=O)(=O)c1cc(N)cc(C(=O)c2cc(F)ccc2F)c1. The maximum atomic E-state index is 13.6. The Balaban J connectivity index is 2.59. The van der Waals surface area contributed by atoms with E-state index in [4.69, 9.17) is 5.73 Å². The fraction of sp³-hybridized carbons (Fsp3) is 0.0714. The van der Waals surface area contributed by atoms with E-state index in [2.05, 4.69) is 0 Å². The number of rotatable bonds is 3. The molecule has 0 aromatic heterocycles. The molecule has 2 N–H and O–H groups in total. The molecule has 21 heavy (non-hydrogen) atoms. The van der Waals surface area contributed by atoms with Gasteiger partial charge in [0.05, 0.1) is 10.5 Å². The van der Waals surface area contributed by atoms with Gasteiger partial charge in [-0.25, -0.2) is 17.2 Å². The number of sulfone groups is 1. The highest BCUT2D eigenvalue weighted by Gasteiger charge is 2.18. The van der Waals surface area contributed by atoms with Gasteiger partial charge in [-0.1, -0.05) is 0 Å². The molecule has 7 heteroatoms. The zero-order valence-electron chi connectivity index (χ0n) is 10.9. The molecule has 2 aromatic carbocycles. The highest BCUT2D eigenvalue weighted by Crippen LogP contribution is 2.21. The molecule has 2 rings (SSSR count). The van der Waals surface area contributed by atoms with Crippen molar-refractivity contribution < 1.29 is 22.0 Å². The van der Waals surface area contributed by atoms with Crippen LogP contribution in [0.25, 0.3) is 0 Å². The molecule has 110 valence electrons. The van der Waals surface area contributed by atoms with Crippen LogP contribution in [0.15, 0.2) is 41.3 Å². The number of carbonyl (C=O) groups is 1. The molecule has 0 aliphatic heterocycles. The Bertz CT molecular complexity index is 832. The molecule has 0 amide bonds. The summed E-state index contributed by atoms with van der Waals surface area (Å²) in [6.07, 6.45) is 0.957. The molecule has 0 aliphatic rings. The summed E-state index contributed by atoms with van der Waals surface area (Å²) >= 11 is 0. The molecule has 0 fully saturated rings. The molecule has 0 bridgehead atoms. The second-order valence-electron chi connectivity index (χ2n) is 4.52. The second-order valence-corrected chi connectivity index (χ2v) is 6.53. The van der Waals surface area contributed by atoms with E-state index in [-0.39, 0.29) is 16.1 Å². The predicted octanol–water partition coefficient (Wildman–Crippen LogP) is 2.18. The molecule has 2 aromatic rings. The van der Waals surface area contributed by atoms with E-state index in [1.807, 2.05) is 0 Å². The average Bonchev–Trinajstić information content (AvgIpc) is 2.39. The summed E-state index contributed by atoms with van der Waals surface area (Å²) in [4.78, 5) is 12.0. The zero-order valence-corrected chi connectivity index (χ0v) is 11.7. The van der Waals surface area contributed by atoms with Crippen molar-refractivity contribution in [1.29, 1.82) is 0 Å². The summed E-state index contributed by atoms with van der Waals surface area (Å²) in [7, 11) is -3.58. The van der Waals surface area contributed by atoms with Gasteiger partial charge in [-0.05, 0) is 36.4 Å². The van der Waals surface area contributed by atoms with Gasteiger partial charge in [-0.3, -0.25) is 4.79 Å². The zero-order chi connectivity index (χ0) is 15.8. The molecule has 0 saturated heterocycles. The summed E-state index contributed by atoms with van der Waals surface area (Å²) < 4.78 is 49.8. The van der Waals surface area contributed by atoms with E-state index in [9.17, 15) is 22.0 Å². The topological polar surface area (TPSA) is 77.2 Å². The molecule has 0 spiro atoms. The molecule has 0 radical (unpaired) electrons. The Morgan fingerprint density at radius 2 is 1.76 bits per heavy atom. The number of hydrogen-bond acceptors (Lipinski definition) is 4. The van der Waals surface area contributed by atoms with Crippen molar-refractivity contribution >= 4 is 21.3 Å². The fourth-order valence-electron chi connectivity index (χ4n) is 1.79. The minimum absolute atomic E-state index is 0.0399. The third-order valence-electron chi connectivity index (χ3n) is 2.79. The van der Waals surface area contributed by atoms with Crippen molar-refractivity contribution in [2.45, 2.75) is 4.90 Å². The summed E-state index contributed by atoms with van der Waals surface area (Å²) in [6.45, 7) is 0. The quantitative estimate of drug-likeness (QED) is 0.696. The maximum absolute atomic E-state index is 13.6. The lowest BCUT2D eigenvalue weighted by atomic mass is 10.0. The van der Waals surface area contributed by atoms with Gasteiger partial charge in [0.15, 0.2) is 15.6 Å². The molecular weight excluding hydrogens is 300 g/mol. The van der Waals surface area contributed by atoms with Crippen LogP contribution in [0.5, 0.6) is 0 Å². The first-order chi connectivity index (χ1) is 9.68. The van der Waals surface area contributed by atoms with E-state index in [1.54, 1.807) is 0 Å². The molecular formula is C14H11F2NO3S. The number of anilines is 1. The number of carbonyl (C=O) groups excluding carboxylic acids is 1. The number of benzene rings is 2. The third-order valence-corrected chi connectivity index (χ3v) is 3.88. The lowest BCUT2D eigenvalue weighted by molar-refractivity contribution is 0.103. The van der Waals surface area contributed by atoms with Crippen LogP contribution in [0.3, 0.4) is 0 Å². The first kappa shape index (κ1) is 15.1. The largest absolute Gasteiger partial charge is 0.399 e. The lowest BCUT2D eigenvalue weighted by Gasteiger charge is -2.07. The fourth-order valence-corrected chi connectivity index (χ4v) is 2.49. The Hall–Kier alpha value is -2.28. The normalized spacial score (nSPS) is 11.4. The van der Waals surface area contributed by atoms with Crippen LogP contribution in [0.2, 0.25) is 0 Å². The number of nitrogens with two attached hydrogens (primary N) is 1. The first-order valence-corrected chi connectivity index (χ1v) is 7.68. The van der Waals surface area contributed by atoms with Gasteiger partial charge >= 0.3 is 0 Å². The van der Waals surface area contributed by atoms with Crippen LogP contribution >= 0.6 is 0 Å². The van der Waals surface area contributed by atoms with Crippen LogP contribution in [0.1, 0.15) is 15.9 Å². The van der Waals surface area contributed by atoms with Crippen molar-refractivity contribution in [3.05, 3.63) is 59.2 Å². The average molecular weight is 311 g/mol. The molecule has 0 saturated carbocycles. The van der Waals surface area contributed by atoms with E-state index < -0.39 is 32.8 Å². The van der Waals surface area contributed by atoms with Gasteiger partial charge in [-0.15, -0.1) is 0 Å². The molecule has 0 heterocycles. The van der Waals surface area contributed by atoms with Gasteiger partial charge < -0.3 is 5.73 Å². The van der Waals surface area contributed by atoms with Crippen LogP contribution in [-0.2, 0) is 9.84 Å². The Morgan fingerprint density at radius 3 is 2.38 bits per heavy atom. The van der Waals surface area contributed by atoms with E-state index in [0.717, 1.165) is 30.5 Å². The van der Waals surface area contributed by atoms with Gasteiger partial charge in [0.25, 0.3) is 0 Å². The van der Waals surface area contributed by atoms with Crippen molar-refractivity contribution in [3.63, 3.8) is 0 Å². The Kier molecular flexibility index (Phi) is 3.78. The Labute approximate surface area is 120 Å². The van der Waals surface area contributed by atoms with Crippen LogP contribution in [0.4, 0.5) is 14.5 Å². The highest BCUT2D eigenvalue weighted by atomic mass is 32.2. The monoisotopic (exact) mass is 311 g/mol. The van der Waals surface area contributed by atoms with Gasteiger partial charge in [0.2, 0.25) is 0 Å². The minimum Gasteiger partial charge on any atom is -0.399 e. The molecule has 0 atom stereocenters. The van der Waals surface area contributed by atoms with E-state index in [1.165, 1.54) is 12.1 Å². The van der Waals surface area contributed by atoms with Gasteiger partial charge in [0.1, 0.15) is 11.6 Å². The standard InChI is InChI=1S/C14H11F2NO3S/c1-21(19,20)11-5-8(4-10(17)7-11)14(18)12-6-9(15)2-3-13(12)16/h2-7H,17H2,1H3. The molecule has 0 unspecified atom stereocenters. The van der Waals surface area contributed by atoms with Gasteiger partial charge in [0, 0.05) is 17.5 Å². The summed E-state index contributed by atoms with van der Waals surface area (Å²) in [5.74, 6) is -2.51. The number of ketones is 1. The third kappa shape index (κ3) is 3.25. The van der Waals surface area contributed by atoms with E-state index >= 15 is 0 Å². The number of halogens is 2. The number of hydrogen-bond donors (Lipinski definition) is 1. The Morgan fingerprint density at radius 1 is 1.10 bits per heavy atom. The summed E-state index contributed by atoms with van der Waals surface area (Å²) in [6, 6.07) is 5.94. The van der Waals surface area contributed by atoms with Crippen molar-refractivity contribution in [2.75, 3.05) is 12.0 Å². The maximum Gasteiger partial charge on any atom is 0.196 e. The second kappa shape index (κ2) is 5.25. The highest BCUT2D eigenvalue weighted by molar-refractivity contribution is 7.90. The van der Waals surface area contributed by atoms with Crippen molar-refractivity contribution in [3.8, 4) is 0 Å². The van der Waals surface area contributed by atoms with Crippen LogP contribution in [-0.4, -0.2) is 20.5 Å². The lowest BCUT2D eigenvalue weighted by Crippen LogP contribution is -2.08. The first-order valence-electron chi connectivity index (χ1n) is 5.79. The molecule has 0 aliphatic carbocycles. The van der Waals surface area contributed by atoms with Crippen LogP contribution < -0.4 is 5.73 Å². The van der Waals surface area contributed by atoms with Crippen molar-refractivity contribution in [1.82, 2.24) is 0 Å². The molecule has 4 nitrogen and oxygen atoms in total. The van der Waals surface area contributed by atoms with Crippen molar-refractivity contribution in [2.24, 2.45) is 0 Å². The smallest absolute Gasteiger partial charge is 0.196 e. The van der Waals surface area contributed by atoms with Gasteiger partial charge in [-0.2, -0.15) is 0 Å².